The average molecular weight is 491 g/mol. The van der Waals surface area contributed by atoms with E-state index in [0.29, 0.717) is 12.4 Å². The van der Waals surface area contributed by atoms with Crippen LogP contribution in [0, 0.1) is 5.92 Å². The number of ether oxygens (including phenoxy) is 2. The van der Waals surface area contributed by atoms with E-state index >= 15 is 0 Å². The zero-order chi connectivity index (χ0) is 18.6. The molecule has 1 aliphatic carbocycles. The van der Waals surface area contributed by atoms with Crippen LogP contribution in [-0.4, -0.2) is 69.9 Å². The van der Waals surface area contributed by atoms with Crippen LogP contribution in [0.4, 0.5) is 0 Å². The first kappa shape index (κ1) is 23.9. The SMILES string of the molecule is CN=C(NCCN(C)CCCOC)NCc1ccc(OCC2CC2)nc1.I. The van der Waals surface area contributed by atoms with E-state index in [9.17, 15) is 0 Å². The minimum atomic E-state index is 0. The molecule has 1 aromatic heterocycles. The van der Waals surface area contributed by atoms with Gasteiger partial charge in [-0.25, -0.2) is 4.98 Å². The molecule has 1 aliphatic rings. The highest BCUT2D eigenvalue weighted by Crippen LogP contribution is 2.29. The van der Waals surface area contributed by atoms with Crippen LogP contribution in [0.15, 0.2) is 23.3 Å². The number of hydrogen-bond acceptors (Lipinski definition) is 5. The van der Waals surface area contributed by atoms with Crippen LogP contribution in [0.2, 0.25) is 0 Å². The van der Waals surface area contributed by atoms with Gasteiger partial charge in [0.1, 0.15) is 0 Å². The van der Waals surface area contributed by atoms with Crippen molar-refractivity contribution in [1.82, 2.24) is 20.5 Å². The van der Waals surface area contributed by atoms with Crippen molar-refractivity contribution in [2.24, 2.45) is 10.9 Å². The van der Waals surface area contributed by atoms with Gasteiger partial charge in [-0.1, -0.05) is 6.07 Å². The number of pyridine rings is 1. The Morgan fingerprint density at radius 3 is 2.74 bits per heavy atom. The number of nitrogens with one attached hydrogen (secondary N) is 2. The molecule has 0 saturated heterocycles. The molecular formula is C19H34IN5O2. The van der Waals surface area contributed by atoms with Crippen LogP contribution in [0.5, 0.6) is 5.88 Å². The summed E-state index contributed by atoms with van der Waals surface area (Å²) in [6.07, 6.45) is 5.48. The fourth-order valence-corrected chi connectivity index (χ4v) is 2.45. The van der Waals surface area contributed by atoms with Gasteiger partial charge < -0.3 is 25.0 Å². The lowest BCUT2D eigenvalue weighted by Gasteiger charge is -2.18. The molecule has 0 aliphatic heterocycles. The second-order valence-electron chi connectivity index (χ2n) is 6.76. The average Bonchev–Trinajstić information content (AvgIpc) is 3.48. The highest BCUT2D eigenvalue weighted by atomic mass is 127. The Bertz CT molecular complexity index is 537. The number of methoxy groups -OCH3 is 1. The summed E-state index contributed by atoms with van der Waals surface area (Å²) in [6.45, 7) is 5.11. The molecule has 2 rings (SSSR count). The Labute approximate surface area is 180 Å². The van der Waals surface area contributed by atoms with Crippen molar-refractivity contribution in [3.63, 3.8) is 0 Å². The molecule has 1 heterocycles. The number of aliphatic imine (C=N–C) groups is 1. The third-order valence-electron chi connectivity index (χ3n) is 4.32. The van der Waals surface area contributed by atoms with E-state index in [4.69, 9.17) is 9.47 Å². The lowest BCUT2D eigenvalue weighted by molar-refractivity contribution is 0.180. The molecule has 0 spiro atoms. The molecule has 0 radical (unpaired) electrons. The van der Waals surface area contributed by atoms with Crippen molar-refractivity contribution in [1.29, 1.82) is 0 Å². The minimum absolute atomic E-state index is 0. The molecule has 0 atom stereocenters. The predicted molar refractivity (Wildman–Crippen MR) is 120 cm³/mol. The third kappa shape index (κ3) is 10.7. The van der Waals surface area contributed by atoms with E-state index in [0.717, 1.165) is 56.7 Å². The highest BCUT2D eigenvalue weighted by molar-refractivity contribution is 14.0. The first-order valence-corrected chi connectivity index (χ1v) is 9.41. The van der Waals surface area contributed by atoms with Crippen molar-refractivity contribution in [3.8, 4) is 5.88 Å². The Morgan fingerprint density at radius 2 is 2.11 bits per heavy atom. The number of guanidine groups is 1. The molecule has 0 bridgehead atoms. The Kier molecular flexibility index (Phi) is 12.4. The number of nitrogens with zero attached hydrogens (tertiary/aromatic N) is 3. The van der Waals surface area contributed by atoms with E-state index in [1.54, 1.807) is 14.2 Å². The minimum Gasteiger partial charge on any atom is -0.477 e. The van der Waals surface area contributed by atoms with Crippen LogP contribution < -0.4 is 15.4 Å². The second kappa shape index (κ2) is 14.0. The first-order chi connectivity index (χ1) is 12.7. The maximum atomic E-state index is 5.66. The molecule has 1 aromatic rings. The molecule has 2 N–H and O–H groups in total. The number of halogens is 1. The molecule has 1 saturated carbocycles. The lowest BCUT2D eigenvalue weighted by atomic mass is 10.3. The molecule has 0 aromatic carbocycles. The second-order valence-corrected chi connectivity index (χ2v) is 6.76. The number of hydrogen-bond donors (Lipinski definition) is 2. The molecule has 7 nitrogen and oxygen atoms in total. The molecule has 154 valence electrons. The lowest BCUT2D eigenvalue weighted by Crippen LogP contribution is -2.40. The van der Waals surface area contributed by atoms with Crippen LogP contribution in [-0.2, 0) is 11.3 Å². The van der Waals surface area contributed by atoms with E-state index in [-0.39, 0.29) is 24.0 Å². The Balaban J connectivity index is 0.00000364. The Hall–Kier alpha value is -1.13. The third-order valence-corrected chi connectivity index (χ3v) is 4.32. The predicted octanol–water partition coefficient (Wildman–Crippen LogP) is 2.12. The summed E-state index contributed by atoms with van der Waals surface area (Å²) in [6, 6.07) is 3.98. The molecular weight excluding hydrogens is 457 g/mol. The molecule has 0 amide bonds. The van der Waals surface area contributed by atoms with Gasteiger partial charge in [-0.3, -0.25) is 4.99 Å². The van der Waals surface area contributed by atoms with E-state index in [1.807, 2.05) is 18.3 Å². The van der Waals surface area contributed by atoms with Gasteiger partial charge >= 0.3 is 0 Å². The van der Waals surface area contributed by atoms with Gasteiger partial charge in [-0.2, -0.15) is 0 Å². The summed E-state index contributed by atoms with van der Waals surface area (Å²) in [4.78, 5) is 10.9. The number of aromatic nitrogens is 1. The fraction of sp³-hybridized carbons (Fsp3) is 0.684. The molecule has 0 unspecified atom stereocenters. The van der Waals surface area contributed by atoms with Crippen molar-refractivity contribution in [2.45, 2.75) is 25.8 Å². The maximum Gasteiger partial charge on any atom is 0.213 e. The molecule has 1 fully saturated rings. The molecule has 8 heteroatoms. The van der Waals surface area contributed by atoms with Crippen molar-refractivity contribution < 1.29 is 9.47 Å². The van der Waals surface area contributed by atoms with Crippen LogP contribution in [0.25, 0.3) is 0 Å². The summed E-state index contributed by atoms with van der Waals surface area (Å²) < 4.78 is 10.7. The number of rotatable bonds is 12. The highest BCUT2D eigenvalue weighted by Gasteiger charge is 2.21. The van der Waals surface area contributed by atoms with E-state index in [2.05, 4.69) is 32.6 Å². The van der Waals surface area contributed by atoms with Gasteiger partial charge in [0.05, 0.1) is 6.61 Å². The summed E-state index contributed by atoms with van der Waals surface area (Å²) >= 11 is 0. The number of likely N-dealkylation sites (N-methyl/N-ethyl adjacent to an activating group) is 1. The largest absolute Gasteiger partial charge is 0.477 e. The summed E-state index contributed by atoms with van der Waals surface area (Å²) in [7, 11) is 5.64. The summed E-state index contributed by atoms with van der Waals surface area (Å²) in [5, 5.41) is 6.64. The van der Waals surface area contributed by atoms with Crippen LogP contribution in [0.3, 0.4) is 0 Å². The zero-order valence-corrected chi connectivity index (χ0v) is 19.1. The van der Waals surface area contributed by atoms with Gasteiger partial charge in [-0.05, 0) is 37.8 Å². The van der Waals surface area contributed by atoms with Crippen molar-refractivity contribution in [3.05, 3.63) is 23.9 Å². The van der Waals surface area contributed by atoms with Gasteiger partial charge in [0.2, 0.25) is 5.88 Å². The topological polar surface area (TPSA) is 71.0 Å². The normalized spacial score (nSPS) is 14.0. The Morgan fingerprint density at radius 1 is 1.30 bits per heavy atom. The van der Waals surface area contributed by atoms with E-state index < -0.39 is 0 Å². The maximum absolute atomic E-state index is 5.66. The quantitative estimate of drug-likeness (QED) is 0.202. The van der Waals surface area contributed by atoms with Crippen molar-refractivity contribution >= 4 is 29.9 Å². The first-order valence-electron chi connectivity index (χ1n) is 9.41. The van der Waals surface area contributed by atoms with E-state index in [1.165, 1.54) is 12.8 Å². The monoisotopic (exact) mass is 491 g/mol. The standard InChI is InChI=1S/C19H33N5O2.HI/c1-20-19(21-9-11-24(2)10-4-12-25-3)23-14-17-7-8-18(22-13-17)26-15-16-5-6-16;/h7-8,13,16H,4-6,9-12,14-15H2,1-3H3,(H2,20,21,23);1H. The van der Waals surface area contributed by atoms with Gasteiger partial charge in [0.15, 0.2) is 5.96 Å². The van der Waals surface area contributed by atoms with Gasteiger partial charge in [0.25, 0.3) is 0 Å². The zero-order valence-electron chi connectivity index (χ0n) is 16.7. The van der Waals surface area contributed by atoms with Crippen LogP contribution in [0.1, 0.15) is 24.8 Å². The summed E-state index contributed by atoms with van der Waals surface area (Å²) in [5.74, 6) is 2.25. The van der Waals surface area contributed by atoms with Crippen LogP contribution >= 0.6 is 24.0 Å². The summed E-state index contributed by atoms with van der Waals surface area (Å²) in [5.41, 5.74) is 1.10. The smallest absolute Gasteiger partial charge is 0.213 e. The van der Waals surface area contributed by atoms with Gasteiger partial charge in [0, 0.05) is 59.2 Å². The van der Waals surface area contributed by atoms with Gasteiger partial charge in [-0.15, -0.1) is 24.0 Å². The fourth-order valence-electron chi connectivity index (χ4n) is 2.45. The molecule has 27 heavy (non-hydrogen) atoms. The van der Waals surface area contributed by atoms with Crippen molar-refractivity contribution in [2.75, 3.05) is 54.1 Å².